The van der Waals surface area contributed by atoms with E-state index in [9.17, 15) is 14.7 Å². The molecule has 0 unspecified atom stereocenters. The van der Waals surface area contributed by atoms with Crippen molar-refractivity contribution in [1.29, 1.82) is 0 Å². The fourth-order valence-corrected chi connectivity index (χ4v) is 3.12. The number of benzene rings is 1. The lowest BCUT2D eigenvalue weighted by atomic mass is 9.98. The smallest absolute Gasteiger partial charge is 0.338 e. The number of rotatable bonds is 9. The summed E-state index contributed by atoms with van der Waals surface area (Å²) < 4.78 is 15.6. The lowest BCUT2D eigenvalue weighted by molar-refractivity contribution is -0.150. The highest BCUT2D eigenvalue weighted by Gasteiger charge is 2.27. The van der Waals surface area contributed by atoms with Crippen LogP contribution in [0.5, 0.6) is 5.75 Å². The van der Waals surface area contributed by atoms with Gasteiger partial charge in [0.15, 0.2) is 0 Å². The van der Waals surface area contributed by atoms with Gasteiger partial charge in [0.1, 0.15) is 18.5 Å². The minimum absolute atomic E-state index is 0.123. The second-order valence-electron chi connectivity index (χ2n) is 6.56. The zero-order valence-electron chi connectivity index (χ0n) is 16.1. The molecule has 1 saturated heterocycles. The SMILES string of the molecule is CCOC(=O)c1ccc(OC[C@H](O)CN2CCC[C@H](C(=O)OCC)C2)cc1. The summed E-state index contributed by atoms with van der Waals surface area (Å²) in [4.78, 5) is 25.6. The molecule has 1 N–H and O–H groups in total. The maximum Gasteiger partial charge on any atom is 0.338 e. The van der Waals surface area contributed by atoms with Crippen molar-refractivity contribution in [3.05, 3.63) is 29.8 Å². The molecule has 1 aromatic rings. The molecule has 2 rings (SSSR count). The van der Waals surface area contributed by atoms with E-state index in [4.69, 9.17) is 14.2 Å². The Bertz CT molecular complexity index is 603. The van der Waals surface area contributed by atoms with E-state index in [0.29, 0.717) is 37.6 Å². The molecule has 0 aliphatic carbocycles. The Morgan fingerprint density at radius 2 is 1.89 bits per heavy atom. The number of nitrogens with zero attached hydrogens (tertiary/aromatic N) is 1. The van der Waals surface area contributed by atoms with Gasteiger partial charge in [0, 0.05) is 13.1 Å². The Kier molecular flexibility index (Phi) is 8.54. The molecule has 0 saturated carbocycles. The predicted molar refractivity (Wildman–Crippen MR) is 99.7 cm³/mol. The molecule has 1 aliphatic rings. The van der Waals surface area contributed by atoms with E-state index in [0.717, 1.165) is 19.4 Å². The monoisotopic (exact) mass is 379 g/mol. The molecule has 0 aromatic heterocycles. The molecule has 1 heterocycles. The summed E-state index contributed by atoms with van der Waals surface area (Å²) in [5.74, 6) is -0.0765. The molecular weight excluding hydrogens is 350 g/mol. The molecule has 2 atom stereocenters. The van der Waals surface area contributed by atoms with Gasteiger partial charge >= 0.3 is 11.9 Å². The summed E-state index contributed by atoms with van der Waals surface area (Å²) in [6.45, 7) is 6.31. The lowest BCUT2D eigenvalue weighted by Crippen LogP contribution is -2.44. The Morgan fingerprint density at radius 1 is 1.19 bits per heavy atom. The van der Waals surface area contributed by atoms with E-state index in [1.54, 1.807) is 38.1 Å². The first-order chi connectivity index (χ1) is 13.0. The normalized spacial score (nSPS) is 18.6. The van der Waals surface area contributed by atoms with Crippen LogP contribution in [0.4, 0.5) is 0 Å². The first-order valence-electron chi connectivity index (χ1n) is 9.50. The van der Waals surface area contributed by atoms with Crippen LogP contribution in [-0.2, 0) is 14.3 Å². The molecule has 7 nitrogen and oxygen atoms in total. The first kappa shape index (κ1) is 21.2. The minimum Gasteiger partial charge on any atom is -0.491 e. The van der Waals surface area contributed by atoms with Crippen LogP contribution in [0.25, 0.3) is 0 Å². The van der Waals surface area contributed by atoms with Crippen LogP contribution in [0.15, 0.2) is 24.3 Å². The number of hydrogen-bond donors (Lipinski definition) is 1. The average Bonchev–Trinajstić information content (AvgIpc) is 2.67. The summed E-state index contributed by atoms with van der Waals surface area (Å²) in [6, 6.07) is 6.62. The number of β-amino-alcohol motifs (C(OH)–C–C–N with tert-alkyl or cyclic N) is 1. The maximum absolute atomic E-state index is 11.9. The number of esters is 2. The highest BCUT2D eigenvalue weighted by Crippen LogP contribution is 2.18. The molecule has 0 radical (unpaired) electrons. The van der Waals surface area contributed by atoms with E-state index in [2.05, 4.69) is 4.90 Å². The van der Waals surface area contributed by atoms with Crippen molar-refractivity contribution in [2.45, 2.75) is 32.8 Å². The van der Waals surface area contributed by atoms with Crippen molar-refractivity contribution < 1.29 is 28.9 Å². The lowest BCUT2D eigenvalue weighted by Gasteiger charge is -2.32. The quantitative estimate of drug-likeness (QED) is 0.656. The third-order valence-electron chi connectivity index (χ3n) is 4.40. The second kappa shape index (κ2) is 10.9. The van der Waals surface area contributed by atoms with E-state index >= 15 is 0 Å². The zero-order valence-corrected chi connectivity index (χ0v) is 16.1. The Hall–Kier alpha value is -2.12. The Balaban J connectivity index is 1.76. The van der Waals surface area contributed by atoms with Crippen LogP contribution < -0.4 is 4.74 Å². The van der Waals surface area contributed by atoms with Gasteiger partial charge in [-0.1, -0.05) is 0 Å². The number of likely N-dealkylation sites (tertiary alicyclic amines) is 1. The molecule has 1 aliphatic heterocycles. The van der Waals surface area contributed by atoms with Crippen LogP contribution >= 0.6 is 0 Å². The summed E-state index contributed by atoms with van der Waals surface area (Å²) in [7, 11) is 0. The second-order valence-corrected chi connectivity index (χ2v) is 6.56. The number of hydrogen-bond acceptors (Lipinski definition) is 7. The van der Waals surface area contributed by atoms with E-state index in [-0.39, 0.29) is 24.5 Å². The molecule has 27 heavy (non-hydrogen) atoms. The van der Waals surface area contributed by atoms with E-state index < -0.39 is 6.10 Å². The maximum atomic E-state index is 11.9. The zero-order chi connectivity index (χ0) is 19.6. The predicted octanol–water partition coefficient (Wildman–Crippen LogP) is 1.88. The van der Waals surface area contributed by atoms with Crippen molar-refractivity contribution in [2.75, 3.05) is 39.5 Å². The standard InChI is InChI=1S/C20H29NO6/c1-3-25-19(23)15-7-9-18(10-8-15)27-14-17(22)13-21-11-5-6-16(12-21)20(24)26-4-2/h7-10,16-17,22H,3-6,11-14H2,1-2H3/t16-,17+/m0/s1. The summed E-state index contributed by atoms with van der Waals surface area (Å²) in [5.41, 5.74) is 0.461. The third kappa shape index (κ3) is 6.84. The van der Waals surface area contributed by atoms with Gasteiger partial charge in [-0.3, -0.25) is 9.69 Å². The molecular formula is C20H29NO6. The van der Waals surface area contributed by atoms with Gasteiger partial charge in [0.05, 0.1) is 24.7 Å². The number of aliphatic hydroxyl groups excluding tert-OH is 1. The first-order valence-corrected chi connectivity index (χ1v) is 9.50. The minimum atomic E-state index is -0.671. The Morgan fingerprint density at radius 3 is 2.56 bits per heavy atom. The van der Waals surface area contributed by atoms with Gasteiger partial charge in [-0.05, 0) is 57.5 Å². The topological polar surface area (TPSA) is 85.3 Å². The molecule has 1 fully saturated rings. The number of carbonyl (C=O) groups is 2. The number of piperidine rings is 1. The van der Waals surface area contributed by atoms with Crippen LogP contribution in [0, 0.1) is 5.92 Å². The third-order valence-corrected chi connectivity index (χ3v) is 4.40. The molecule has 0 bridgehead atoms. The van der Waals surface area contributed by atoms with Crippen LogP contribution in [-0.4, -0.2) is 67.5 Å². The van der Waals surface area contributed by atoms with Crippen molar-refractivity contribution in [1.82, 2.24) is 4.90 Å². The fraction of sp³-hybridized carbons (Fsp3) is 0.600. The number of aliphatic hydroxyl groups is 1. The summed E-state index contributed by atoms with van der Waals surface area (Å²) >= 11 is 0. The molecule has 0 spiro atoms. The van der Waals surface area contributed by atoms with E-state index in [1.165, 1.54) is 0 Å². The Labute approximate surface area is 160 Å². The summed E-state index contributed by atoms with van der Waals surface area (Å²) in [6.07, 6.45) is 1.07. The van der Waals surface area contributed by atoms with Crippen LogP contribution in [0.1, 0.15) is 37.0 Å². The highest BCUT2D eigenvalue weighted by molar-refractivity contribution is 5.89. The van der Waals surface area contributed by atoms with Gasteiger partial charge in [-0.15, -0.1) is 0 Å². The highest BCUT2D eigenvalue weighted by atomic mass is 16.5. The average molecular weight is 379 g/mol. The molecule has 150 valence electrons. The molecule has 0 amide bonds. The summed E-state index contributed by atoms with van der Waals surface area (Å²) in [5, 5.41) is 10.2. The van der Waals surface area contributed by atoms with E-state index in [1.807, 2.05) is 0 Å². The fourth-order valence-electron chi connectivity index (χ4n) is 3.12. The van der Waals surface area contributed by atoms with Crippen molar-refractivity contribution >= 4 is 11.9 Å². The van der Waals surface area contributed by atoms with Crippen molar-refractivity contribution in [3.63, 3.8) is 0 Å². The number of ether oxygens (including phenoxy) is 3. The van der Waals surface area contributed by atoms with Gasteiger partial charge in [0.2, 0.25) is 0 Å². The van der Waals surface area contributed by atoms with Gasteiger partial charge in [-0.25, -0.2) is 4.79 Å². The van der Waals surface area contributed by atoms with Crippen LogP contribution in [0.2, 0.25) is 0 Å². The van der Waals surface area contributed by atoms with Gasteiger partial charge in [0.25, 0.3) is 0 Å². The van der Waals surface area contributed by atoms with Crippen molar-refractivity contribution in [3.8, 4) is 5.75 Å². The van der Waals surface area contributed by atoms with Crippen LogP contribution in [0.3, 0.4) is 0 Å². The van der Waals surface area contributed by atoms with Gasteiger partial charge < -0.3 is 19.3 Å². The molecule has 7 heteroatoms. The molecule has 1 aromatic carbocycles. The van der Waals surface area contributed by atoms with Gasteiger partial charge in [-0.2, -0.15) is 0 Å². The largest absolute Gasteiger partial charge is 0.491 e. The number of carbonyl (C=O) groups excluding carboxylic acids is 2. The van der Waals surface area contributed by atoms with Crippen molar-refractivity contribution in [2.24, 2.45) is 5.92 Å².